The number of alkyl halides is 3. The number of carbonyl (C=O) groups is 1. The standard InChI is InChI=1S/C19H23F3N4O3/c1-3-24(12-13(2)11-23)18(27)14-6-8-25(9-7-14)16-5-4-15(19(20,21)22)10-17(16)26(28)29/h4-5,10,13-14H,3,6-9,12H2,1-2H3. The molecular weight excluding hydrogens is 389 g/mol. The number of carbonyl (C=O) groups excluding carboxylic acids is 1. The molecule has 2 rings (SSSR count). The van der Waals surface area contributed by atoms with E-state index in [9.17, 15) is 28.1 Å². The van der Waals surface area contributed by atoms with Crippen molar-refractivity contribution in [3.63, 3.8) is 0 Å². The van der Waals surface area contributed by atoms with Gasteiger partial charge in [0.1, 0.15) is 5.69 Å². The highest BCUT2D eigenvalue weighted by Crippen LogP contribution is 2.37. The molecule has 1 heterocycles. The van der Waals surface area contributed by atoms with Gasteiger partial charge in [-0.05, 0) is 38.8 Å². The quantitative estimate of drug-likeness (QED) is 0.523. The third-order valence-electron chi connectivity index (χ3n) is 5.09. The van der Waals surface area contributed by atoms with Crippen LogP contribution in [-0.4, -0.2) is 41.9 Å². The summed E-state index contributed by atoms with van der Waals surface area (Å²) in [6, 6.07) is 4.61. The highest BCUT2D eigenvalue weighted by atomic mass is 19.4. The molecule has 0 bridgehead atoms. The lowest BCUT2D eigenvalue weighted by Gasteiger charge is -2.35. The van der Waals surface area contributed by atoms with Gasteiger partial charge in [-0.2, -0.15) is 18.4 Å². The van der Waals surface area contributed by atoms with E-state index in [0.29, 0.717) is 45.1 Å². The van der Waals surface area contributed by atoms with Gasteiger partial charge in [-0.3, -0.25) is 14.9 Å². The van der Waals surface area contributed by atoms with Crippen LogP contribution in [0, 0.1) is 33.3 Å². The predicted octanol–water partition coefficient (Wildman–Crippen LogP) is 3.84. The van der Waals surface area contributed by atoms with Gasteiger partial charge < -0.3 is 9.80 Å². The van der Waals surface area contributed by atoms with Gasteiger partial charge in [0.05, 0.1) is 22.5 Å². The van der Waals surface area contributed by atoms with E-state index in [-0.39, 0.29) is 23.4 Å². The highest BCUT2D eigenvalue weighted by molar-refractivity contribution is 5.79. The maximum absolute atomic E-state index is 12.9. The SMILES string of the molecule is CCN(CC(C)C#N)C(=O)C1CCN(c2ccc(C(F)(F)F)cc2[N+](=O)[O-])CC1. The van der Waals surface area contributed by atoms with Crippen molar-refractivity contribution in [3.8, 4) is 6.07 Å². The summed E-state index contributed by atoms with van der Waals surface area (Å²) >= 11 is 0. The fourth-order valence-corrected chi connectivity index (χ4v) is 3.49. The normalized spacial score (nSPS) is 16.2. The number of hydrogen-bond donors (Lipinski definition) is 0. The molecule has 1 atom stereocenters. The molecule has 1 aliphatic rings. The number of amides is 1. The average molecular weight is 412 g/mol. The lowest BCUT2D eigenvalue weighted by Crippen LogP contribution is -2.44. The minimum atomic E-state index is -4.66. The first kappa shape index (κ1) is 22.5. The van der Waals surface area contributed by atoms with E-state index >= 15 is 0 Å². The van der Waals surface area contributed by atoms with Crippen molar-refractivity contribution in [2.45, 2.75) is 32.9 Å². The summed E-state index contributed by atoms with van der Waals surface area (Å²) in [4.78, 5) is 26.5. The van der Waals surface area contributed by atoms with Crippen molar-refractivity contribution < 1.29 is 22.9 Å². The Labute approximate surface area is 166 Å². The fraction of sp³-hybridized carbons (Fsp3) is 0.579. The molecule has 0 N–H and O–H groups in total. The van der Waals surface area contributed by atoms with Crippen LogP contribution in [0.15, 0.2) is 18.2 Å². The first-order valence-electron chi connectivity index (χ1n) is 9.37. The van der Waals surface area contributed by atoms with Crippen LogP contribution in [0.2, 0.25) is 0 Å². The van der Waals surface area contributed by atoms with E-state index in [4.69, 9.17) is 5.26 Å². The maximum Gasteiger partial charge on any atom is 0.416 e. The minimum absolute atomic E-state index is 0.0591. The van der Waals surface area contributed by atoms with Crippen molar-refractivity contribution in [3.05, 3.63) is 33.9 Å². The molecule has 10 heteroatoms. The third-order valence-corrected chi connectivity index (χ3v) is 5.09. The number of piperidine rings is 1. The number of nitrogens with zero attached hydrogens (tertiary/aromatic N) is 4. The predicted molar refractivity (Wildman–Crippen MR) is 100 cm³/mol. The van der Waals surface area contributed by atoms with E-state index in [1.165, 1.54) is 0 Å². The summed E-state index contributed by atoms with van der Waals surface area (Å²) < 4.78 is 38.6. The zero-order valence-corrected chi connectivity index (χ0v) is 16.3. The Bertz CT molecular complexity index is 799. The van der Waals surface area contributed by atoms with Gasteiger partial charge in [-0.15, -0.1) is 0 Å². The van der Waals surface area contributed by atoms with E-state index in [1.54, 1.807) is 16.7 Å². The Morgan fingerprint density at radius 2 is 2.03 bits per heavy atom. The molecule has 1 unspecified atom stereocenters. The van der Waals surface area contributed by atoms with Crippen molar-refractivity contribution >= 4 is 17.3 Å². The number of halogens is 3. The molecule has 0 radical (unpaired) electrons. The van der Waals surface area contributed by atoms with Crippen LogP contribution in [0.5, 0.6) is 0 Å². The Balaban J connectivity index is 2.12. The van der Waals surface area contributed by atoms with Crippen molar-refractivity contribution in [2.24, 2.45) is 11.8 Å². The van der Waals surface area contributed by atoms with Crippen LogP contribution in [0.1, 0.15) is 32.3 Å². The van der Waals surface area contributed by atoms with Gasteiger partial charge >= 0.3 is 6.18 Å². The van der Waals surface area contributed by atoms with Gasteiger partial charge in [0.25, 0.3) is 5.69 Å². The second kappa shape index (κ2) is 9.11. The molecule has 29 heavy (non-hydrogen) atoms. The number of hydrogen-bond acceptors (Lipinski definition) is 5. The monoisotopic (exact) mass is 412 g/mol. The van der Waals surface area contributed by atoms with E-state index in [0.717, 1.165) is 12.1 Å². The van der Waals surface area contributed by atoms with E-state index in [2.05, 4.69) is 6.07 Å². The topological polar surface area (TPSA) is 90.5 Å². The van der Waals surface area contributed by atoms with Crippen LogP contribution in [0.25, 0.3) is 0 Å². The smallest absolute Gasteiger partial charge is 0.366 e. The molecule has 0 aromatic heterocycles. The molecule has 1 aromatic rings. The summed E-state index contributed by atoms with van der Waals surface area (Å²) in [5, 5.41) is 20.3. The Morgan fingerprint density at radius 3 is 2.52 bits per heavy atom. The largest absolute Gasteiger partial charge is 0.416 e. The molecule has 1 saturated heterocycles. The number of anilines is 1. The summed E-state index contributed by atoms with van der Waals surface area (Å²) in [5.74, 6) is -0.615. The Morgan fingerprint density at radius 1 is 1.41 bits per heavy atom. The van der Waals surface area contributed by atoms with Gasteiger partial charge in [0.15, 0.2) is 0 Å². The fourth-order valence-electron chi connectivity index (χ4n) is 3.49. The van der Waals surface area contributed by atoms with Gasteiger partial charge in [0.2, 0.25) is 5.91 Å². The number of nitro groups is 1. The van der Waals surface area contributed by atoms with Crippen LogP contribution in [-0.2, 0) is 11.0 Å². The lowest BCUT2D eigenvalue weighted by atomic mass is 9.94. The molecule has 158 valence electrons. The molecule has 1 amide bonds. The Hall–Kier alpha value is -2.83. The third kappa shape index (κ3) is 5.37. The second-order valence-corrected chi connectivity index (χ2v) is 7.13. The van der Waals surface area contributed by atoms with E-state index < -0.39 is 22.4 Å². The first-order valence-corrected chi connectivity index (χ1v) is 9.37. The zero-order chi connectivity index (χ0) is 21.8. The summed E-state index contributed by atoms with van der Waals surface area (Å²) in [7, 11) is 0. The maximum atomic E-state index is 12.9. The summed E-state index contributed by atoms with van der Waals surface area (Å²) in [6.07, 6.45) is -3.78. The van der Waals surface area contributed by atoms with Crippen LogP contribution >= 0.6 is 0 Å². The van der Waals surface area contributed by atoms with Crippen LogP contribution in [0.3, 0.4) is 0 Å². The average Bonchev–Trinajstić information content (AvgIpc) is 2.70. The van der Waals surface area contributed by atoms with Crippen LogP contribution < -0.4 is 4.90 Å². The molecule has 0 spiro atoms. The summed E-state index contributed by atoms with van der Waals surface area (Å²) in [5.41, 5.74) is -1.54. The van der Waals surface area contributed by atoms with Crippen molar-refractivity contribution in [1.29, 1.82) is 5.26 Å². The second-order valence-electron chi connectivity index (χ2n) is 7.13. The number of rotatable bonds is 6. The number of benzene rings is 1. The van der Waals surface area contributed by atoms with Crippen LogP contribution in [0.4, 0.5) is 24.5 Å². The molecule has 7 nitrogen and oxygen atoms in total. The zero-order valence-electron chi connectivity index (χ0n) is 16.3. The molecule has 0 aliphatic carbocycles. The molecule has 1 aliphatic heterocycles. The molecular formula is C19H23F3N4O3. The first-order chi connectivity index (χ1) is 13.6. The summed E-state index contributed by atoms with van der Waals surface area (Å²) in [6.45, 7) is 5.05. The number of nitro benzene ring substituents is 1. The molecule has 1 fully saturated rings. The number of nitriles is 1. The highest BCUT2D eigenvalue weighted by Gasteiger charge is 2.35. The van der Waals surface area contributed by atoms with E-state index in [1.807, 2.05) is 6.92 Å². The van der Waals surface area contributed by atoms with Gasteiger partial charge in [0, 0.05) is 38.2 Å². The van der Waals surface area contributed by atoms with Gasteiger partial charge in [-0.25, -0.2) is 0 Å². The lowest BCUT2D eigenvalue weighted by molar-refractivity contribution is -0.384. The van der Waals surface area contributed by atoms with Crippen molar-refractivity contribution in [1.82, 2.24) is 4.90 Å². The molecule has 1 aromatic carbocycles. The minimum Gasteiger partial charge on any atom is -0.366 e. The Kier molecular flexibility index (Phi) is 7.06. The van der Waals surface area contributed by atoms with Crippen molar-refractivity contribution in [2.75, 3.05) is 31.1 Å². The molecule has 0 saturated carbocycles. The van der Waals surface area contributed by atoms with Gasteiger partial charge in [-0.1, -0.05) is 0 Å².